The van der Waals surface area contributed by atoms with E-state index in [-0.39, 0.29) is 5.41 Å². The lowest BCUT2D eigenvalue weighted by Crippen LogP contribution is -2.49. The normalized spacial score (nSPS) is 20.3. The molecule has 1 aliphatic rings. The molecule has 3 heteroatoms. The van der Waals surface area contributed by atoms with Crippen molar-refractivity contribution in [3.8, 4) is 0 Å². The largest absolute Gasteiger partial charge is 0.343 e. The molecule has 1 rings (SSSR count). The molecule has 0 spiro atoms. The first kappa shape index (κ1) is 12.5. The Hall–Kier alpha value is -0.570. The molecule has 0 radical (unpaired) electrons. The highest BCUT2D eigenvalue weighted by atomic mass is 16.2. The fourth-order valence-electron chi connectivity index (χ4n) is 2.23. The predicted octanol–water partition coefficient (Wildman–Crippen LogP) is 1.63. The van der Waals surface area contributed by atoms with E-state index in [0.717, 1.165) is 32.4 Å². The summed E-state index contributed by atoms with van der Waals surface area (Å²) >= 11 is 0. The average molecular weight is 212 g/mol. The zero-order valence-electron chi connectivity index (χ0n) is 10.5. The first-order valence-corrected chi connectivity index (χ1v) is 6.01. The van der Waals surface area contributed by atoms with E-state index in [1.165, 1.54) is 0 Å². The van der Waals surface area contributed by atoms with E-state index >= 15 is 0 Å². The minimum Gasteiger partial charge on any atom is -0.343 e. The predicted molar refractivity (Wildman–Crippen MR) is 62.7 cm³/mol. The molecular weight excluding hydrogens is 188 g/mol. The molecule has 1 heterocycles. The van der Waals surface area contributed by atoms with Crippen LogP contribution in [0, 0.1) is 5.41 Å². The summed E-state index contributed by atoms with van der Waals surface area (Å²) in [4.78, 5) is 14.3. The fourth-order valence-corrected chi connectivity index (χ4v) is 2.23. The van der Waals surface area contributed by atoms with Gasteiger partial charge < -0.3 is 10.2 Å². The Bertz CT molecular complexity index is 220. The van der Waals surface area contributed by atoms with Crippen molar-refractivity contribution in [1.82, 2.24) is 10.2 Å². The van der Waals surface area contributed by atoms with Gasteiger partial charge >= 0.3 is 0 Å². The molecule has 1 aliphatic heterocycles. The van der Waals surface area contributed by atoms with Gasteiger partial charge in [-0.1, -0.05) is 6.92 Å². The van der Waals surface area contributed by atoms with Gasteiger partial charge in [0.2, 0.25) is 5.91 Å². The molecule has 0 aliphatic carbocycles. The van der Waals surface area contributed by atoms with Crippen molar-refractivity contribution in [2.75, 3.05) is 20.1 Å². The van der Waals surface area contributed by atoms with Crippen LogP contribution >= 0.6 is 0 Å². The number of piperidine rings is 1. The van der Waals surface area contributed by atoms with Crippen LogP contribution in [0.15, 0.2) is 0 Å². The Morgan fingerprint density at radius 2 is 1.93 bits per heavy atom. The molecule has 0 atom stereocenters. The highest BCUT2D eigenvalue weighted by Crippen LogP contribution is 2.34. The molecule has 0 aromatic heterocycles. The molecule has 0 unspecified atom stereocenters. The molecule has 1 N–H and O–H groups in total. The fraction of sp³-hybridized carbons (Fsp3) is 0.917. The second kappa shape index (κ2) is 4.97. The van der Waals surface area contributed by atoms with E-state index in [1.807, 2.05) is 11.9 Å². The molecule has 15 heavy (non-hydrogen) atoms. The van der Waals surface area contributed by atoms with Crippen LogP contribution in [0.1, 0.15) is 40.0 Å². The highest BCUT2D eigenvalue weighted by molar-refractivity contribution is 5.82. The zero-order valence-corrected chi connectivity index (χ0v) is 10.5. The SMILES string of the molecule is CCC1(C(=O)N(C)C(C)C)CCNCC1. The maximum absolute atomic E-state index is 12.4. The lowest BCUT2D eigenvalue weighted by atomic mass is 9.75. The van der Waals surface area contributed by atoms with E-state index in [1.54, 1.807) is 0 Å². The average Bonchev–Trinajstić information content (AvgIpc) is 2.27. The van der Waals surface area contributed by atoms with Gasteiger partial charge in [0.05, 0.1) is 5.41 Å². The van der Waals surface area contributed by atoms with Gasteiger partial charge in [0, 0.05) is 13.1 Å². The van der Waals surface area contributed by atoms with Gasteiger partial charge in [-0.15, -0.1) is 0 Å². The Kier molecular flexibility index (Phi) is 4.14. The van der Waals surface area contributed by atoms with E-state index in [4.69, 9.17) is 0 Å². The van der Waals surface area contributed by atoms with Gasteiger partial charge in [0.1, 0.15) is 0 Å². The number of hydrogen-bond donors (Lipinski definition) is 1. The maximum Gasteiger partial charge on any atom is 0.228 e. The van der Waals surface area contributed by atoms with Crippen LogP contribution < -0.4 is 5.32 Å². The van der Waals surface area contributed by atoms with Crippen molar-refractivity contribution in [3.63, 3.8) is 0 Å². The summed E-state index contributed by atoms with van der Waals surface area (Å²) in [5.74, 6) is 0.335. The first-order chi connectivity index (χ1) is 7.03. The quantitative estimate of drug-likeness (QED) is 0.771. The van der Waals surface area contributed by atoms with Crippen LogP contribution in [0.25, 0.3) is 0 Å². The minimum absolute atomic E-state index is 0.0930. The number of hydrogen-bond acceptors (Lipinski definition) is 2. The summed E-state index contributed by atoms with van der Waals surface area (Å²) in [7, 11) is 1.92. The zero-order chi connectivity index (χ0) is 11.5. The van der Waals surface area contributed by atoms with Crippen LogP contribution in [0.5, 0.6) is 0 Å². The van der Waals surface area contributed by atoms with Crippen LogP contribution in [-0.4, -0.2) is 37.0 Å². The third-order valence-corrected chi connectivity index (χ3v) is 3.79. The second-order valence-electron chi connectivity index (χ2n) is 4.89. The number of amides is 1. The maximum atomic E-state index is 12.4. The molecule has 0 aromatic rings. The lowest BCUT2D eigenvalue weighted by Gasteiger charge is -2.39. The number of nitrogens with zero attached hydrogens (tertiary/aromatic N) is 1. The standard InChI is InChI=1S/C12H24N2O/c1-5-12(6-8-13-9-7-12)11(15)14(4)10(2)3/h10,13H,5-9H2,1-4H3. The Labute approximate surface area is 93.2 Å². The van der Waals surface area contributed by atoms with Crippen molar-refractivity contribution in [2.24, 2.45) is 5.41 Å². The third-order valence-electron chi connectivity index (χ3n) is 3.79. The number of nitrogens with one attached hydrogen (secondary N) is 1. The van der Waals surface area contributed by atoms with Crippen molar-refractivity contribution in [1.29, 1.82) is 0 Å². The summed E-state index contributed by atoms with van der Waals surface area (Å²) in [5.41, 5.74) is -0.0930. The second-order valence-corrected chi connectivity index (χ2v) is 4.89. The Morgan fingerprint density at radius 3 is 2.33 bits per heavy atom. The van der Waals surface area contributed by atoms with Crippen molar-refractivity contribution < 1.29 is 4.79 Å². The molecule has 1 fully saturated rings. The molecule has 0 saturated carbocycles. The van der Waals surface area contributed by atoms with Crippen molar-refractivity contribution >= 4 is 5.91 Å². The molecule has 1 saturated heterocycles. The molecule has 3 nitrogen and oxygen atoms in total. The van der Waals surface area contributed by atoms with E-state index in [2.05, 4.69) is 26.1 Å². The summed E-state index contributed by atoms with van der Waals surface area (Å²) in [6.45, 7) is 8.24. The van der Waals surface area contributed by atoms with Gasteiger partial charge in [-0.25, -0.2) is 0 Å². The highest BCUT2D eigenvalue weighted by Gasteiger charge is 2.39. The Morgan fingerprint density at radius 1 is 1.40 bits per heavy atom. The monoisotopic (exact) mass is 212 g/mol. The molecular formula is C12H24N2O. The minimum atomic E-state index is -0.0930. The van der Waals surface area contributed by atoms with Gasteiger partial charge in [-0.3, -0.25) is 4.79 Å². The molecule has 1 amide bonds. The molecule has 0 bridgehead atoms. The van der Waals surface area contributed by atoms with Gasteiger partial charge in [-0.2, -0.15) is 0 Å². The summed E-state index contributed by atoms with van der Waals surface area (Å²) in [6.07, 6.45) is 2.93. The van der Waals surface area contributed by atoms with Crippen LogP contribution in [-0.2, 0) is 4.79 Å². The van der Waals surface area contributed by atoms with Crippen molar-refractivity contribution in [3.05, 3.63) is 0 Å². The van der Waals surface area contributed by atoms with Crippen molar-refractivity contribution in [2.45, 2.75) is 46.1 Å². The summed E-state index contributed by atoms with van der Waals surface area (Å²) in [6, 6.07) is 0.302. The molecule has 0 aromatic carbocycles. The topological polar surface area (TPSA) is 32.3 Å². The number of carbonyl (C=O) groups excluding carboxylic acids is 1. The number of carbonyl (C=O) groups is 1. The van der Waals surface area contributed by atoms with E-state index in [0.29, 0.717) is 11.9 Å². The smallest absolute Gasteiger partial charge is 0.228 e. The van der Waals surface area contributed by atoms with E-state index < -0.39 is 0 Å². The van der Waals surface area contributed by atoms with E-state index in [9.17, 15) is 4.79 Å². The van der Waals surface area contributed by atoms with Gasteiger partial charge in [0.15, 0.2) is 0 Å². The molecule has 88 valence electrons. The van der Waals surface area contributed by atoms with Crippen LogP contribution in [0.4, 0.5) is 0 Å². The summed E-state index contributed by atoms with van der Waals surface area (Å²) < 4.78 is 0. The third kappa shape index (κ3) is 2.51. The van der Waals surface area contributed by atoms with Gasteiger partial charge in [0.25, 0.3) is 0 Å². The summed E-state index contributed by atoms with van der Waals surface area (Å²) in [5, 5.41) is 3.33. The Balaban J connectivity index is 2.76. The van der Waals surface area contributed by atoms with Gasteiger partial charge in [-0.05, 0) is 46.2 Å². The number of rotatable bonds is 3. The van der Waals surface area contributed by atoms with Crippen LogP contribution in [0.3, 0.4) is 0 Å². The lowest BCUT2D eigenvalue weighted by molar-refractivity contribution is -0.144. The van der Waals surface area contributed by atoms with Crippen LogP contribution in [0.2, 0.25) is 0 Å². The first-order valence-electron chi connectivity index (χ1n) is 6.01.